The summed E-state index contributed by atoms with van der Waals surface area (Å²) >= 11 is 13.5. The van der Waals surface area contributed by atoms with E-state index in [4.69, 9.17) is 27.9 Å². The number of esters is 1. The van der Waals surface area contributed by atoms with Crippen molar-refractivity contribution in [1.29, 1.82) is 0 Å². The number of hydrogen-bond donors (Lipinski definition) is 1. The van der Waals surface area contributed by atoms with E-state index in [-0.39, 0.29) is 40.4 Å². The Bertz CT molecular complexity index is 1320. The quantitative estimate of drug-likeness (QED) is 0.178. The first-order valence-corrected chi connectivity index (χ1v) is 12.4. The van der Waals surface area contributed by atoms with Crippen LogP contribution in [-0.4, -0.2) is 28.9 Å². The van der Waals surface area contributed by atoms with Crippen LogP contribution < -0.4 is 4.90 Å². The Morgan fingerprint density at radius 2 is 1.80 bits per heavy atom. The van der Waals surface area contributed by atoms with Gasteiger partial charge < -0.3 is 9.84 Å². The Hall–Kier alpha value is -3.13. The second-order valence-corrected chi connectivity index (χ2v) is 9.99. The number of nitrogens with zero attached hydrogens (tertiary/aromatic N) is 1. The molecule has 0 bridgehead atoms. The minimum Gasteiger partial charge on any atom is -0.507 e. The standard InChI is InChI=1S/C26H21Cl2NO5S/c1-14(2)34-21(30)12-15-5-8-17(9-6-15)29-23(20-4-3-11-35-20)22(25(32)26(29)33)24(31)16-7-10-18(27)19(28)13-16/h3-11,13-14,23,31H,12H2,1-2H3/b24-22-. The minimum atomic E-state index is -0.832. The Morgan fingerprint density at radius 1 is 1.09 bits per heavy atom. The molecule has 0 saturated carbocycles. The lowest BCUT2D eigenvalue weighted by Crippen LogP contribution is -2.29. The van der Waals surface area contributed by atoms with Gasteiger partial charge in [-0.05, 0) is 61.2 Å². The fourth-order valence-corrected chi connectivity index (χ4v) is 4.98. The highest BCUT2D eigenvalue weighted by molar-refractivity contribution is 7.10. The molecule has 1 N–H and O–H groups in total. The molecular weight excluding hydrogens is 509 g/mol. The van der Waals surface area contributed by atoms with Crippen molar-refractivity contribution in [3.8, 4) is 0 Å². The summed E-state index contributed by atoms with van der Waals surface area (Å²) in [6.07, 6.45) is -0.127. The van der Waals surface area contributed by atoms with Crippen LogP contribution in [0, 0.1) is 0 Å². The molecule has 6 nitrogen and oxygen atoms in total. The zero-order valence-corrected chi connectivity index (χ0v) is 21.2. The molecule has 0 spiro atoms. The lowest BCUT2D eigenvalue weighted by molar-refractivity contribution is -0.146. The van der Waals surface area contributed by atoms with Gasteiger partial charge in [0.05, 0.1) is 28.1 Å². The maximum Gasteiger partial charge on any atom is 0.310 e. The predicted molar refractivity (Wildman–Crippen MR) is 137 cm³/mol. The monoisotopic (exact) mass is 529 g/mol. The molecule has 35 heavy (non-hydrogen) atoms. The van der Waals surface area contributed by atoms with Crippen LogP contribution >= 0.6 is 34.5 Å². The first kappa shape index (κ1) is 25.0. The second kappa shape index (κ2) is 10.2. The Morgan fingerprint density at radius 3 is 2.40 bits per heavy atom. The minimum absolute atomic E-state index is 0.0413. The van der Waals surface area contributed by atoms with Crippen molar-refractivity contribution < 1.29 is 24.2 Å². The van der Waals surface area contributed by atoms with E-state index >= 15 is 0 Å². The molecule has 3 aromatic rings. The zero-order chi connectivity index (χ0) is 25.3. The summed E-state index contributed by atoms with van der Waals surface area (Å²) in [5.74, 6) is -2.27. The van der Waals surface area contributed by atoms with Crippen molar-refractivity contribution >= 4 is 63.6 Å². The van der Waals surface area contributed by atoms with Crippen LogP contribution in [0.2, 0.25) is 10.0 Å². The van der Waals surface area contributed by atoms with Gasteiger partial charge in [0.1, 0.15) is 11.8 Å². The highest BCUT2D eigenvalue weighted by Crippen LogP contribution is 2.44. The number of ether oxygens (including phenoxy) is 1. The summed E-state index contributed by atoms with van der Waals surface area (Å²) in [5, 5.41) is 13.4. The maximum atomic E-state index is 13.2. The van der Waals surface area contributed by atoms with Gasteiger partial charge in [-0.1, -0.05) is 41.4 Å². The topological polar surface area (TPSA) is 83.9 Å². The second-order valence-electron chi connectivity index (χ2n) is 8.20. The number of carbonyl (C=O) groups is 3. The summed E-state index contributed by atoms with van der Waals surface area (Å²) in [5.41, 5.74) is 1.40. The third-order valence-electron chi connectivity index (χ3n) is 5.38. The normalized spacial score (nSPS) is 17.3. The average Bonchev–Trinajstić information content (AvgIpc) is 3.42. The molecule has 180 valence electrons. The number of hydrogen-bond acceptors (Lipinski definition) is 6. The van der Waals surface area contributed by atoms with Crippen molar-refractivity contribution in [2.75, 3.05) is 4.90 Å². The molecule has 1 aromatic heterocycles. The highest BCUT2D eigenvalue weighted by atomic mass is 35.5. The Kier molecular flexibility index (Phi) is 7.31. The number of thiophene rings is 1. The van der Waals surface area contributed by atoms with Gasteiger partial charge in [0.15, 0.2) is 0 Å². The predicted octanol–water partition coefficient (Wildman–Crippen LogP) is 6.18. The van der Waals surface area contributed by atoms with Gasteiger partial charge >= 0.3 is 5.97 Å². The number of rotatable bonds is 6. The lowest BCUT2D eigenvalue weighted by Gasteiger charge is -2.24. The molecule has 1 atom stereocenters. The van der Waals surface area contributed by atoms with Gasteiger partial charge in [0.25, 0.3) is 11.7 Å². The molecule has 1 amide bonds. The Balaban J connectivity index is 1.75. The van der Waals surface area contributed by atoms with Crippen molar-refractivity contribution in [2.24, 2.45) is 0 Å². The van der Waals surface area contributed by atoms with E-state index in [0.717, 1.165) is 0 Å². The molecule has 0 aliphatic carbocycles. The molecule has 1 saturated heterocycles. The first-order valence-electron chi connectivity index (χ1n) is 10.8. The van der Waals surface area contributed by atoms with Gasteiger partial charge in [-0.2, -0.15) is 0 Å². The average molecular weight is 530 g/mol. The zero-order valence-electron chi connectivity index (χ0n) is 18.8. The molecule has 2 aromatic carbocycles. The lowest BCUT2D eigenvalue weighted by atomic mass is 9.99. The van der Waals surface area contributed by atoms with Crippen molar-refractivity contribution in [2.45, 2.75) is 32.4 Å². The molecule has 0 radical (unpaired) electrons. The molecule has 2 heterocycles. The third-order valence-corrected chi connectivity index (χ3v) is 7.04. The van der Waals surface area contributed by atoms with Crippen molar-refractivity contribution in [3.63, 3.8) is 0 Å². The number of aliphatic hydroxyl groups excluding tert-OH is 1. The van der Waals surface area contributed by atoms with Crippen LogP contribution in [0.3, 0.4) is 0 Å². The molecule has 4 rings (SSSR count). The smallest absolute Gasteiger partial charge is 0.310 e. The molecule has 1 fully saturated rings. The number of halogens is 2. The number of Topliss-reactive ketones (excluding diaryl/α,β-unsaturated/α-hetero) is 1. The van der Waals surface area contributed by atoms with Crippen LogP contribution in [-0.2, 0) is 25.5 Å². The van der Waals surface area contributed by atoms with Crippen molar-refractivity contribution in [1.82, 2.24) is 0 Å². The van der Waals surface area contributed by atoms with Gasteiger partial charge in [-0.3, -0.25) is 19.3 Å². The summed E-state index contributed by atoms with van der Waals surface area (Å²) in [6.45, 7) is 3.56. The number of anilines is 1. The van der Waals surface area contributed by atoms with Gasteiger partial charge in [0, 0.05) is 16.1 Å². The van der Waals surface area contributed by atoms with E-state index in [1.807, 2.05) is 11.4 Å². The van der Waals surface area contributed by atoms with Crippen molar-refractivity contribution in [3.05, 3.63) is 91.6 Å². The largest absolute Gasteiger partial charge is 0.507 e. The van der Waals surface area contributed by atoms with Gasteiger partial charge in [-0.15, -0.1) is 11.3 Å². The SMILES string of the molecule is CC(C)OC(=O)Cc1ccc(N2C(=O)C(=O)/C(=C(\O)c3ccc(Cl)c(Cl)c3)C2c2cccs2)cc1. The van der Waals surface area contributed by atoms with Crippen LogP contribution in [0.1, 0.15) is 35.9 Å². The van der Waals surface area contributed by atoms with E-state index in [1.54, 1.807) is 44.2 Å². The first-order chi connectivity index (χ1) is 16.7. The summed E-state index contributed by atoms with van der Waals surface area (Å²) in [6, 6.07) is 14.0. The third kappa shape index (κ3) is 5.12. The van der Waals surface area contributed by atoms with E-state index in [9.17, 15) is 19.5 Å². The van der Waals surface area contributed by atoms with E-state index < -0.39 is 17.7 Å². The number of benzene rings is 2. The van der Waals surface area contributed by atoms with Gasteiger partial charge in [0.2, 0.25) is 0 Å². The fraction of sp³-hybridized carbons (Fsp3) is 0.192. The van der Waals surface area contributed by atoms with E-state index in [1.165, 1.54) is 34.4 Å². The van der Waals surface area contributed by atoms with Crippen LogP contribution in [0.15, 0.2) is 65.6 Å². The molecular formula is C26H21Cl2NO5S. The highest BCUT2D eigenvalue weighted by Gasteiger charge is 2.47. The molecule has 1 aliphatic heterocycles. The molecule has 9 heteroatoms. The van der Waals surface area contributed by atoms with Crippen LogP contribution in [0.5, 0.6) is 0 Å². The van der Waals surface area contributed by atoms with Crippen LogP contribution in [0.25, 0.3) is 5.76 Å². The fourth-order valence-electron chi connectivity index (χ4n) is 3.86. The van der Waals surface area contributed by atoms with E-state index in [0.29, 0.717) is 21.2 Å². The van der Waals surface area contributed by atoms with Gasteiger partial charge in [-0.25, -0.2) is 0 Å². The molecule has 1 aliphatic rings. The van der Waals surface area contributed by atoms with Crippen LogP contribution in [0.4, 0.5) is 5.69 Å². The Labute approximate surface area is 216 Å². The molecule has 1 unspecified atom stereocenters. The number of aliphatic hydroxyl groups is 1. The maximum absolute atomic E-state index is 13.2. The number of amides is 1. The number of carbonyl (C=O) groups excluding carboxylic acids is 3. The summed E-state index contributed by atoms with van der Waals surface area (Å²) in [7, 11) is 0. The summed E-state index contributed by atoms with van der Waals surface area (Å²) in [4.78, 5) is 40.4. The number of ketones is 1. The van der Waals surface area contributed by atoms with E-state index in [2.05, 4.69) is 0 Å². The summed E-state index contributed by atoms with van der Waals surface area (Å²) < 4.78 is 5.18.